The molecule has 2 aliphatic rings. The molecule has 0 bridgehead atoms. The predicted octanol–water partition coefficient (Wildman–Crippen LogP) is 5.70. The minimum atomic E-state index is -0.551. The summed E-state index contributed by atoms with van der Waals surface area (Å²) in [5.41, 5.74) is 4.57. The first-order valence-electron chi connectivity index (χ1n) is 11.8. The van der Waals surface area contributed by atoms with Crippen LogP contribution in [0, 0.1) is 6.92 Å². The molecule has 0 N–H and O–H groups in total. The Morgan fingerprint density at radius 2 is 1.71 bits per heavy atom. The molecule has 6 nitrogen and oxygen atoms in total. The third-order valence-electron chi connectivity index (χ3n) is 6.83. The van der Waals surface area contributed by atoms with Gasteiger partial charge < -0.3 is 18.8 Å². The van der Waals surface area contributed by atoms with E-state index in [2.05, 4.69) is 26.0 Å². The molecule has 0 radical (unpaired) electrons. The summed E-state index contributed by atoms with van der Waals surface area (Å²) in [7, 11) is 0. The molecule has 176 valence electrons. The molecular weight excluding hydrogens is 442 g/mol. The highest BCUT2D eigenvalue weighted by Crippen LogP contribution is 2.40. The molecule has 0 aliphatic carbocycles. The fourth-order valence-electron chi connectivity index (χ4n) is 4.94. The molecule has 3 heterocycles. The van der Waals surface area contributed by atoms with E-state index in [1.54, 1.807) is 11.0 Å². The fourth-order valence-corrected chi connectivity index (χ4v) is 4.94. The topological polar surface area (TPSA) is 69.0 Å². The third-order valence-corrected chi connectivity index (χ3v) is 6.83. The maximum Gasteiger partial charge on any atom is 0.291 e. The highest BCUT2D eigenvalue weighted by Gasteiger charge is 2.42. The molecule has 6 rings (SSSR count). The number of nitrogens with zero attached hydrogens (tertiary/aromatic N) is 1. The zero-order valence-corrected chi connectivity index (χ0v) is 19.8. The summed E-state index contributed by atoms with van der Waals surface area (Å²) in [5.74, 6) is 1.53. The van der Waals surface area contributed by atoms with Crippen LogP contribution in [0.4, 0.5) is 0 Å². The zero-order chi connectivity index (χ0) is 24.3. The van der Waals surface area contributed by atoms with Crippen molar-refractivity contribution in [2.24, 2.45) is 0 Å². The molecule has 0 spiro atoms. The summed E-state index contributed by atoms with van der Waals surface area (Å²) in [5, 5.41) is 0.491. The van der Waals surface area contributed by atoms with E-state index in [-0.39, 0.29) is 23.9 Å². The summed E-state index contributed by atoms with van der Waals surface area (Å²) in [6, 6.07) is 18.7. The Labute approximate surface area is 202 Å². The van der Waals surface area contributed by atoms with Crippen molar-refractivity contribution in [3.05, 3.63) is 104 Å². The minimum Gasteiger partial charge on any atom is -0.454 e. The highest BCUT2D eigenvalue weighted by molar-refractivity contribution is 5.99. The van der Waals surface area contributed by atoms with Crippen molar-refractivity contribution in [3.63, 3.8) is 0 Å². The van der Waals surface area contributed by atoms with Crippen LogP contribution in [0.25, 0.3) is 11.0 Å². The van der Waals surface area contributed by atoms with Gasteiger partial charge in [-0.3, -0.25) is 9.59 Å². The summed E-state index contributed by atoms with van der Waals surface area (Å²) in [6.07, 6.45) is 0. The van der Waals surface area contributed by atoms with E-state index in [4.69, 9.17) is 13.9 Å². The van der Waals surface area contributed by atoms with Crippen LogP contribution in [0.2, 0.25) is 0 Å². The molecule has 1 aromatic heterocycles. The van der Waals surface area contributed by atoms with Crippen LogP contribution in [0.5, 0.6) is 11.5 Å². The van der Waals surface area contributed by atoms with Crippen molar-refractivity contribution < 1.29 is 18.7 Å². The lowest BCUT2D eigenvalue weighted by atomic mass is 9.95. The molecule has 0 fully saturated rings. The smallest absolute Gasteiger partial charge is 0.291 e. The fraction of sp³-hybridized carbons (Fsp3) is 0.241. The van der Waals surface area contributed by atoms with E-state index in [1.807, 2.05) is 49.4 Å². The zero-order valence-electron chi connectivity index (χ0n) is 19.8. The second-order valence-electron chi connectivity index (χ2n) is 9.52. The SMILES string of the molecule is Cc1ccc2oc3c(c(=O)c2c1)[C@@H](c1ccc(C(C)C)cc1)N(Cc1ccc2c(c1)OCO2)C3=O. The lowest BCUT2D eigenvalue weighted by Gasteiger charge is -2.25. The molecule has 4 aromatic rings. The maximum atomic E-state index is 13.8. The second-order valence-corrected chi connectivity index (χ2v) is 9.52. The summed E-state index contributed by atoms with van der Waals surface area (Å²) in [4.78, 5) is 29.2. The van der Waals surface area contributed by atoms with Crippen LogP contribution in [0.15, 0.2) is 69.9 Å². The molecule has 35 heavy (non-hydrogen) atoms. The van der Waals surface area contributed by atoms with E-state index < -0.39 is 6.04 Å². The minimum absolute atomic E-state index is 0.116. The Morgan fingerprint density at radius 1 is 0.943 bits per heavy atom. The Kier molecular flexibility index (Phi) is 4.92. The number of hydrogen-bond donors (Lipinski definition) is 0. The van der Waals surface area contributed by atoms with Crippen molar-refractivity contribution >= 4 is 16.9 Å². The Balaban J connectivity index is 1.51. The van der Waals surface area contributed by atoms with E-state index in [0.29, 0.717) is 40.5 Å². The number of rotatable bonds is 4. The molecule has 3 aromatic carbocycles. The first-order chi connectivity index (χ1) is 16.9. The van der Waals surface area contributed by atoms with Gasteiger partial charge in [0.05, 0.1) is 17.0 Å². The average Bonchev–Trinajstić information content (AvgIpc) is 3.43. The highest BCUT2D eigenvalue weighted by atomic mass is 16.7. The lowest BCUT2D eigenvalue weighted by Crippen LogP contribution is -2.29. The van der Waals surface area contributed by atoms with Crippen LogP contribution in [-0.4, -0.2) is 17.6 Å². The number of fused-ring (bicyclic) bond motifs is 3. The van der Waals surface area contributed by atoms with Crippen molar-refractivity contribution in [1.82, 2.24) is 4.90 Å². The van der Waals surface area contributed by atoms with Crippen molar-refractivity contribution in [2.75, 3.05) is 6.79 Å². The first-order valence-corrected chi connectivity index (χ1v) is 11.8. The van der Waals surface area contributed by atoms with Crippen molar-refractivity contribution in [3.8, 4) is 11.5 Å². The molecular formula is C29H25NO5. The molecule has 0 saturated carbocycles. The Bertz CT molecular complexity index is 1530. The monoisotopic (exact) mass is 467 g/mol. The molecule has 1 amide bonds. The number of benzene rings is 3. The van der Waals surface area contributed by atoms with Crippen LogP contribution >= 0.6 is 0 Å². The van der Waals surface area contributed by atoms with E-state index in [1.165, 1.54) is 5.56 Å². The van der Waals surface area contributed by atoms with Crippen LogP contribution in [0.3, 0.4) is 0 Å². The summed E-state index contributed by atoms with van der Waals surface area (Å²) in [6.45, 7) is 6.69. The standard InChI is InChI=1S/C29H25NO5/c1-16(2)19-6-8-20(9-7-19)26-25-27(31)21-12-17(3)4-10-22(21)35-28(25)29(32)30(26)14-18-5-11-23-24(13-18)34-15-33-23/h4-13,16,26H,14-15H2,1-3H3/t26-/m1/s1. The predicted molar refractivity (Wildman–Crippen MR) is 132 cm³/mol. The van der Waals surface area contributed by atoms with Gasteiger partial charge in [0.2, 0.25) is 12.6 Å². The second kappa shape index (κ2) is 8.01. The normalized spacial score (nSPS) is 16.4. The molecule has 2 aliphatic heterocycles. The van der Waals surface area contributed by atoms with Crippen LogP contribution in [0.1, 0.15) is 64.2 Å². The molecule has 1 atom stereocenters. The van der Waals surface area contributed by atoms with Gasteiger partial charge in [-0.05, 0) is 53.8 Å². The Hall–Kier alpha value is -4.06. The Morgan fingerprint density at radius 3 is 2.49 bits per heavy atom. The first kappa shape index (κ1) is 21.5. The number of ether oxygens (including phenoxy) is 2. The van der Waals surface area contributed by atoms with Gasteiger partial charge in [0, 0.05) is 6.54 Å². The van der Waals surface area contributed by atoms with Gasteiger partial charge in [-0.2, -0.15) is 0 Å². The lowest BCUT2D eigenvalue weighted by molar-refractivity contribution is 0.0714. The van der Waals surface area contributed by atoms with Crippen LogP contribution in [-0.2, 0) is 6.54 Å². The maximum absolute atomic E-state index is 13.8. The number of aryl methyl sites for hydroxylation is 1. The summed E-state index contributed by atoms with van der Waals surface area (Å²) < 4.78 is 17.0. The molecule has 6 heteroatoms. The van der Waals surface area contributed by atoms with Crippen molar-refractivity contribution in [1.29, 1.82) is 0 Å². The van der Waals surface area contributed by atoms with Crippen LogP contribution < -0.4 is 14.9 Å². The van der Waals surface area contributed by atoms with Gasteiger partial charge in [-0.1, -0.05) is 55.8 Å². The van der Waals surface area contributed by atoms with Gasteiger partial charge in [0.1, 0.15) is 5.58 Å². The van der Waals surface area contributed by atoms with Gasteiger partial charge >= 0.3 is 0 Å². The number of amides is 1. The summed E-state index contributed by atoms with van der Waals surface area (Å²) >= 11 is 0. The van der Waals surface area contributed by atoms with Gasteiger partial charge in [0.15, 0.2) is 16.9 Å². The third kappa shape index (κ3) is 3.48. The van der Waals surface area contributed by atoms with Gasteiger partial charge in [-0.25, -0.2) is 0 Å². The number of carbonyl (C=O) groups excluding carboxylic acids is 1. The van der Waals surface area contributed by atoms with Gasteiger partial charge in [0.25, 0.3) is 5.91 Å². The van der Waals surface area contributed by atoms with E-state index in [9.17, 15) is 9.59 Å². The number of carbonyl (C=O) groups is 1. The quantitative estimate of drug-likeness (QED) is 0.385. The van der Waals surface area contributed by atoms with Crippen molar-refractivity contribution in [2.45, 2.75) is 39.3 Å². The van der Waals surface area contributed by atoms with E-state index in [0.717, 1.165) is 16.7 Å². The average molecular weight is 468 g/mol. The largest absolute Gasteiger partial charge is 0.454 e. The van der Waals surface area contributed by atoms with Gasteiger partial charge in [-0.15, -0.1) is 0 Å². The van der Waals surface area contributed by atoms with E-state index >= 15 is 0 Å². The molecule has 0 unspecified atom stereocenters. The molecule has 0 saturated heterocycles. The number of hydrogen-bond acceptors (Lipinski definition) is 5.